The number of urea groups is 1. The van der Waals surface area contributed by atoms with Gasteiger partial charge in [-0.15, -0.1) is 0 Å². The molecule has 1 aromatic carbocycles. The van der Waals surface area contributed by atoms with Gasteiger partial charge in [-0.1, -0.05) is 30.3 Å². The summed E-state index contributed by atoms with van der Waals surface area (Å²) in [6.45, 7) is 4.48. The van der Waals surface area contributed by atoms with Crippen molar-refractivity contribution in [3.8, 4) is 0 Å². The molecule has 0 aromatic heterocycles. The van der Waals surface area contributed by atoms with E-state index in [0.717, 1.165) is 32.7 Å². The van der Waals surface area contributed by atoms with Crippen molar-refractivity contribution in [2.45, 2.75) is 19.0 Å². The number of methoxy groups -OCH3 is 1. The summed E-state index contributed by atoms with van der Waals surface area (Å²) in [5.41, 5.74) is 1.28. The van der Waals surface area contributed by atoms with E-state index in [0.29, 0.717) is 0 Å². The summed E-state index contributed by atoms with van der Waals surface area (Å²) in [5, 5.41) is 2.55. The van der Waals surface area contributed by atoms with Crippen LogP contribution >= 0.6 is 0 Å². The molecule has 8 nitrogen and oxygen atoms in total. The molecule has 0 spiro atoms. The van der Waals surface area contributed by atoms with E-state index in [1.807, 2.05) is 18.2 Å². The van der Waals surface area contributed by atoms with Crippen LogP contribution in [-0.2, 0) is 20.9 Å². The maximum Gasteiger partial charge on any atom is 0.325 e. The highest BCUT2D eigenvalue weighted by molar-refractivity contribution is 6.05. The number of nitrogens with one attached hydrogen (secondary N) is 1. The van der Waals surface area contributed by atoms with Crippen molar-refractivity contribution in [3.63, 3.8) is 0 Å². The lowest BCUT2D eigenvalue weighted by molar-refractivity contribution is -0.143. The van der Waals surface area contributed by atoms with Crippen molar-refractivity contribution < 1.29 is 19.1 Å². The predicted octanol–water partition coefficient (Wildman–Crippen LogP) is 0.245. The minimum absolute atomic E-state index is 0.136. The summed E-state index contributed by atoms with van der Waals surface area (Å²) >= 11 is 0. The number of amides is 3. The number of imide groups is 1. The summed E-state index contributed by atoms with van der Waals surface area (Å²) in [7, 11) is 1.26. The molecule has 0 aliphatic carbocycles. The maximum absolute atomic E-state index is 12.3. The second-order valence-electron chi connectivity index (χ2n) is 6.57. The molecule has 8 heteroatoms. The van der Waals surface area contributed by atoms with Gasteiger partial charge in [-0.25, -0.2) is 9.69 Å². The van der Waals surface area contributed by atoms with Gasteiger partial charge in [0.05, 0.1) is 20.2 Å². The third kappa shape index (κ3) is 4.39. The van der Waals surface area contributed by atoms with Gasteiger partial charge < -0.3 is 10.1 Å². The number of benzene rings is 1. The first-order valence-corrected chi connectivity index (χ1v) is 8.74. The van der Waals surface area contributed by atoms with Gasteiger partial charge in [-0.05, 0) is 5.56 Å². The van der Waals surface area contributed by atoms with Crippen LogP contribution in [0.2, 0.25) is 0 Å². The Morgan fingerprint density at radius 3 is 2.42 bits per heavy atom. The van der Waals surface area contributed by atoms with Crippen molar-refractivity contribution in [2.75, 3.05) is 40.0 Å². The molecule has 2 heterocycles. The minimum atomic E-state index is -0.825. The van der Waals surface area contributed by atoms with E-state index in [2.05, 4.69) is 32.0 Å². The van der Waals surface area contributed by atoms with Crippen LogP contribution in [-0.4, -0.2) is 78.6 Å². The highest BCUT2D eigenvalue weighted by Gasteiger charge is 2.40. The lowest BCUT2D eigenvalue weighted by Crippen LogP contribution is -2.51. The first-order chi connectivity index (χ1) is 12.6. The molecule has 0 unspecified atom stereocenters. The van der Waals surface area contributed by atoms with Gasteiger partial charge in [0.1, 0.15) is 6.04 Å². The monoisotopic (exact) mass is 360 g/mol. The summed E-state index contributed by atoms with van der Waals surface area (Å²) in [4.78, 5) is 41.4. The van der Waals surface area contributed by atoms with Gasteiger partial charge in [0.15, 0.2) is 0 Å². The van der Waals surface area contributed by atoms with Crippen LogP contribution in [0.5, 0.6) is 0 Å². The molecule has 1 N–H and O–H groups in total. The Hall–Kier alpha value is -2.45. The van der Waals surface area contributed by atoms with Gasteiger partial charge in [-0.2, -0.15) is 0 Å². The molecule has 3 rings (SSSR count). The van der Waals surface area contributed by atoms with Crippen molar-refractivity contribution in [1.29, 1.82) is 0 Å². The lowest BCUT2D eigenvalue weighted by Gasteiger charge is -2.35. The molecule has 26 heavy (non-hydrogen) atoms. The summed E-state index contributed by atoms with van der Waals surface area (Å²) in [5.74, 6) is -0.882. The second kappa shape index (κ2) is 8.29. The Morgan fingerprint density at radius 1 is 1.12 bits per heavy atom. The number of carbonyl (C=O) groups is 3. The van der Waals surface area contributed by atoms with Gasteiger partial charge in [0.2, 0.25) is 0 Å². The molecule has 2 saturated heterocycles. The molecule has 140 valence electrons. The molecular weight excluding hydrogens is 336 g/mol. The van der Waals surface area contributed by atoms with E-state index in [1.165, 1.54) is 17.6 Å². The Bertz CT molecular complexity index is 658. The number of hydrogen-bond donors (Lipinski definition) is 1. The third-order valence-corrected chi connectivity index (χ3v) is 4.76. The molecule has 2 aliphatic rings. The van der Waals surface area contributed by atoms with E-state index in [1.54, 1.807) is 0 Å². The summed E-state index contributed by atoms with van der Waals surface area (Å²) in [6, 6.07) is 9.03. The molecule has 0 saturated carbocycles. The van der Waals surface area contributed by atoms with E-state index >= 15 is 0 Å². The second-order valence-corrected chi connectivity index (χ2v) is 6.57. The SMILES string of the molecule is COC(=O)C[C@@H]1NC(=O)N(CN2CCN(Cc3ccccc3)CC2)C1=O. The first kappa shape index (κ1) is 18.3. The standard InChI is InChI=1S/C18H24N4O4/c1-26-16(23)11-15-17(24)22(18(25)19-15)13-21-9-7-20(8-10-21)12-14-5-3-2-4-6-14/h2-6,15H,7-13H2,1H3,(H,19,25)/t15-/m0/s1. The third-order valence-electron chi connectivity index (χ3n) is 4.76. The quantitative estimate of drug-likeness (QED) is 0.578. The van der Waals surface area contributed by atoms with Crippen LogP contribution in [0.4, 0.5) is 4.79 Å². The van der Waals surface area contributed by atoms with Crippen LogP contribution in [0.25, 0.3) is 0 Å². The fourth-order valence-corrected chi connectivity index (χ4v) is 3.23. The predicted molar refractivity (Wildman–Crippen MR) is 94.0 cm³/mol. The van der Waals surface area contributed by atoms with Crippen LogP contribution in [0.15, 0.2) is 30.3 Å². The maximum atomic E-state index is 12.3. The van der Waals surface area contributed by atoms with E-state index in [9.17, 15) is 14.4 Å². The fraction of sp³-hybridized carbons (Fsp3) is 0.500. The number of rotatable bonds is 6. The Kier molecular flexibility index (Phi) is 5.85. The number of piperazine rings is 1. The fourth-order valence-electron chi connectivity index (χ4n) is 3.23. The molecule has 2 aliphatic heterocycles. The highest BCUT2D eigenvalue weighted by Crippen LogP contribution is 2.13. The topological polar surface area (TPSA) is 82.2 Å². The zero-order valence-corrected chi connectivity index (χ0v) is 14.9. The summed E-state index contributed by atoms with van der Waals surface area (Å²) in [6.07, 6.45) is -0.136. The zero-order chi connectivity index (χ0) is 18.5. The van der Waals surface area contributed by atoms with E-state index in [4.69, 9.17) is 0 Å². The van der Waals surface area contributed by atoms with Crippen LogP contribution in [0.3, 0.4) is 0 Å². The smallest absolute Gasteiger partial charge is 0.325 e. The van der Waals surface area contributed by atoms with E-state index in [-0.39, 0.29) is 19.0 Å². The first-order valence-electron chi connectivity index (χ1n) is 8.74. The average Bonchev–Trinajstić information content (AvgIpc) is 2.91. The van der Waals surface area contributed by atoms with Gasteiger partial charge in [0, 0.05) is 32.7 Å². The highest BCUT2D eigenvalue weighted by atomic mass is 16.5. The average molecular weight is 360 g/mol. The molecule has 2 fully saturated rings. The van der Waals surface area contributed by atoms with Crippen LogP contribution < -0.4 is 5.32 Å². The Balaban J connectivity index is 1.47. The number of esters is 1. The number of hydrogen-bond acceptors (Lipinski definition) is 6. The molecule has 3 amide bonds. The zero-order valence-electron chi connectivity index (χ0n) is 14.9. The minimum Gasteiger partial charge on any atom is -0.469 e. The van der Waals surface area contributed by atoms with Gasteiger partial charge in [0.25, 0.3) is 5.91 Å². The van der Waals surface area contributed by atoms with Gasteiger partial charge in [-0.3, -0.25) is 19.4 Å². The number of carbonyl (C=O) groups excluding carboxylic acids is 3. The number of ether oxygens (including phenoxy) is 1. The molecular formula is C18H24N4O4. The molecule has 1 atom stereocenters. The molecule has 1 aromatic rings. The Labute approximate surface area is 152 Å². The largest absolute Gasteiger partial charge is 0.469 e. The lowest BCUT2D eigenvalue weighted by atomic mass is 10.2. The van der Waals surface area contributed by atoms with Crippen LogP contribution in [0.1, 0.15) is 12.0 Å². The van der Waals surface area contributed by atoms with Crippen molar-refractivity contribution in [1.82, 2.24) is 20.0 Å². The Morgan fingerprint density at radius 2 is 1.77 bits per heavy atom. The van der Waals surface area contributed by atoms with Crippen molar-refractivity contribution in [3.05, 3.63) is 35.9 Å². The van der Waals surface area contributed by atoms with E-state index < -0.39 is 18.0 Å². The van der Waals surface area contributed by atoms with Crippen LogP contribution in [0, 0.1) is 0 Å². The number of nitrogens with zero attached hydrogens (tertiary/aromatic N) is 3. The van der Waals surface area contributed by atoms with Crippen molar-refractivity contribution >= 4 is 17.9 Å². The van der Waals surface area contributed by atoms with Gasteiger partial charge >= 0.3 is 12.0 Å². The van der Waals surface area contributed by atoms with Crippen molar-refractivity contribution in [2.24, 2.45) is 0 Å². The molecule has 0 bridgehead atoms. The normalized spacial score (nSPS) is 21.7. The molecule has 0 radical (unpaired) electrons. The summed E-state index contributed by atoms with van der Waals surface area (Å²) < 4.78 is 4.56.